The van der Waals surface area contributed by atoms with Crippen molar-refractivity contribution in [2.45, 2.75) is 18.4 Å². The molecule has 9 heteroatoms. The Balaban J connectivity index is 1.69. The van der Waals surface area contributed by atoms with Crippen molar-refractivity contribution in [3.63, 3.8) is 0 Å². The van der Waals surface area contributed by atoms with Crippen molar-refractivity contribution in [2.75, 3.05) is 12.0 Å². The van der Waals surface area contributed by atoms with Crippen molar-refractivity contribution in [1.82, 2.24) is 4.98 Å². The molecule has 7 nitrogen and oxygen atoms in total. The minimum absolute atomic E-state index is 0.0231. The monoisotopic (exact) mass is 409 g/mol. The average Bonchev–Trinajstić information content (AvgIpc) is 3.60. The number of anilines is 1. The maximum atomic E-state index is 14.9. The molecule has 2 aromatic rings. The number of rotatable bonds is 5. The molecule has 1 aromatic carbocycles. The third-order valence-electron chi connectivity index (χ3n) is 5.02. The fourth-order valence-electron chi connectivity index (χ4n) is 3.50. The van der Waals surface area contributed by atoms with E-state index in [4.69, 9.17) is 15.7 Å². The van der Waals surface area contributed by atoms with Gasteiger partial charge in [-0.15, -0.1) is 0 Å². The predicted octanol–water partition coefficient (Wildman–Crippen LogP) is 3.15. The van der Waals surface area contributed by atoms with Gasteiger partial charge in [-0.1, -0.05) is 0 Å². The van der Waals surface area contributed by atoms with Gasteiger partial charge < -0.3 is 15.8 Å². The summed E-state index contributed by atoms with van der Waals surface area (Å²) in [5.41, 5.74) is 5.47. The number of halogens is 2. The van der Waals surface area contributed by atoms with Crippen molar-refractivity contribution in [3.8, 4) is 6.07 Å². The van der Waals surface area contributed by atoms with Crippen molar-refractivity contribution < 1.29 is 18.3 Å². The Kier molecular flexibility index (Phi) is 4.91. The van der Waals surface area contributed by atoms with Gasteiger partial charge in [0.25, 0.3) is 11.9 Å². The zero-order valence-corrected chi connectivity index (χ0v) is 15.7. The summed E-state index contributed by atoms with van der Waals surface area (Å²) in [7, 11) is 0. The van der Waals surface area contributed by atoms with Crippen molar-refractivity contribution in [3.05, 3.63) is 71.0 Å². The molecule has 3 N–H and O–H groups in total. The van der Waals surface area contributed by atoms with Crippen molar-refractivity contribution in [1.29, 1.82) is 5.26 Å². The van der Waals surface area contributed by atoms with Gasteiger partial charge in [-0.05, 0) is 55.2 Å². The lowest BCUT2D eigenvalue weighted by molar-refractivity contribution is 0.102. The van der Waals surface area contributed by atoms with E-state index in [1.165, 1.54) is 42.6 Å². The quantitative estimate of drug-likeness (QED) is 0.788. The average molecular weight is 409 g/mol. The largest absolute Gasteiger partial charge is 0.428 e. The van der Waals surface area contributed by atoms with Crippen LogP contribution in [-0.4, -0.2) is 23.6 Å². The minimum atomic E-state index is -1.19. The second-order valence-electron chi connectivity index (χ2n) is 7.09. The molecule has 0 spiro atoms. The van der Waals surface area contributed by atoms with E-state index in [0.29, 0.717) is 11.3 Å². The van der Waals surface area contributed by atoms with Gasteiger partial charge >= 0.3 is 0 Å². The number of amides is 1. The molecule has 1 aliphatic carbocycles. The maximum Gasteiger partial charge on any atom is 0.288 e. The molecule has 0 radical (unpaired) electrons. The van der Waals surface area contributed by atoms with Crippen LogP contribution in [0.15, 0.2) is 53.4 Å². The highest BCUT2D eigenvalue weighted by atomic mass is 19.1. The predicted molar refractivity (Wildman–Crippen MR) is 104 cm³/mol. The number of alkyl halides is 1. The van der Waals surface area contributed by atoms with Crippen LogP contribution < -0.4 is 11.1 Å². The van der Waals surface area contributed by atoms with Crippen LogP contribution in [0.25, 0.3) is 0 Å². The standard InChI is InChI=1S/C21H17F2N5O2/c22-9-15-8-21(13-2-3-13,28-20(25)30-15)16-7-14(4-5-17(16)23)27-19(29)18-6-1-12(10-24)11-26-18/h1,4-8,11,13H,2-3,9H2,(H2,25,28)(H,27,29)/t21-/m0/s1. The van der Waals surface area contributed by atoms with E-state index in [1.807, 2.05) is 6.07 Å². The lowest BCUT2D eigenvalue weighted by Gasteiger charge is -2.32. The Morgan fingerprint density at radius 3 is 2.80 bits per heavy atom. The number of nitrogens with one attached hydrogen (secondary N) is 1. The first kappa shape index (κ1) is 19.5. The Hall–Kier alpha value is -3.80. The van der Waals surface area contributed by atoms with Crippen LogP contribution in [0, 0.1) is 23.1 Å². The highest BCUT2D eigenvalue weighted by Crippen LogP contribution is 2.52. The van der Waals surface area contributed by atoms with E-state index in [9.17, 15) is 13.6 Å². The number of nitrogens with two attached hydrogens (primary N) is 1. The molecule has 1 atom stereocenters. The second-order valence-corrected chi connectivity index (χ2v) is 7.09. The number of nitriles is 1. The van der Waals surface area contributed by atoms with Gasteiger partial charge in [-0.2, -0.15) is 5.26 Å². The number of nitrogens with zero attached hydrogens (tertiary/aromatic N) is 3. The highest BCUT2D eigenvalue weighted by Gasteiger charge is 2.49. The molecule has 1 fully saturated rings. The summed E-state index contributed by atoms with van der Waals surface area (Å²) in [6.45, 7) is -0.896. The Labute approximate surface area is 170 Å². The third-order valence-corrected chi connectivity index (χ3v) is 5.02. The number of pyridine rings is 1. The molecule has 152 valence electrons. The third kappa shape index (κ3) is 3.59. The van der Waals surface area contributed by atoms with Crippen LogP contribution in [-0.2, 0) is 10.3 Å². The molecule has 0 saturated heterocycles. The highest BCUT2D eigenvalue weighted by molar-refractivity contribution is 6.02. The molecule has 0 bridgehead atoms. The number of hydrogen-bond acceptors (Lipinski definition) is 6. The van der Waals surface area contributed by atoms with Gasteiger partial charge in [0.1, 0.15) is 35.6 Å². The van der Waals surface area contributed by atoms with E-state index in [-0.39, 0.29) is 29.0 Å². The number of amidine groups is 1. The normalized spacial score (nSPS) is 20.4. The number of ether oxygens (including phenoxy) is 1. The lowest BCUT2D eigenvalue weighted by atomic mass is 9.83. The summed E-state index contributed by atoms with van der Waals surface area (Å²) >= 11 is 0. The van der Waals surface area contributed by atoms with Crippen LogP contribution in [0.3, 0.4) is 0 Å². The zero-order chi connectivity index (χ0) is 21.3. The summed E-state index contributed by atoms with van der Waals surface area (Å²) in [4.78, 5) is 20.8. The number of hydrogen-bond donors (Lipinski definition) is 2. The SMILES string of the molecule is N#Cc1ccc(C(=O)Nc2ccc(F)c([C@@]3(C4CC4)C=C(CF)OC(N)=N3)c2)nc1. The van der Waals surface area contributed by atoms with Gasteiger partial charge in [-0.3, -0.25) is 4.79 Å². The lowest BCUT2D eigenvalue weighted by Crippen LogP contribution is -2.35. The molecular formula is C21H17F2N5O2. The van der Waals surface area contributed by atoms with Crippen LogP contribution in [0.1, 0.15) is 34.5 Å². The first-order chi connectivity index (χ1) is 14.4. The van der Waals surface area contributed by atoms with Crippen LogP contribution in [0.2, 0.25) is 0 Å². The fourth-order valence-corrected chi connectivity index (χ4v) is 3.50. The Bertz CT molecular complexity index is 1100. The summed E-state index contributed by atoms with van der Waals surface area (Å²) in [6.07, 6.45) is 4.30. The van der Waals surface area contributed by atoms with E-state index in [0.717, 1.165) is 12.8 Å². The number of aromatic nitrogens is 1. The number of benzene rings is 1. The summed E-state index contributed by atoms with van der Waals surface area (Å²) < 4.78 is 33.3. The van der Waals surface area contributed by atoms with Gasteiger partial charge in [0.15, 0.2) is 0 Å². The molecule has 1 aromatic heterocycles. The topological polar surface area (TPSA) is 113 Å². The first-order valence-electron chi connectivity index (χ1n) is 9.23. The summed E-state index contributed by atoms with van der Waals surface area (Å²) in [5.74, 6) is -1.15. The van der Waals surface area contributed by atoms with Crippen LogP contribution in [0.5, 0.6) is 0 Å². The Morgan fingerprint density at radius 1 is 1.37 bits per heavy atom. The second kappa shape index (κ2) is 7.55. The van der Waals surface area contributed by atoms with Gasteiger partial charge in [-0.25, -0.2) is 18.8 Å². The van der Waals surface area contributed by atoms with E-state index < -0.39 is 23.9 Å². The Morgan fingerprint density at radius 2 is 2.17 bits per heavy atom. The summed E-state index contributed by atoms with van der Waals surface area (Å²) in [5, 5.41) is 11.5. The van der Waals surface area contributed by atoms with E-state index >= 15 is 0 Å². The smallest absolute Gasteiger partial charge is 0.288 e. The fraction of sp³-hybridized carbons (Fsp3) is 0.238. The van der Waals surface area contributed by atoms with Crippen LogP contribution in [0.4, 0.5) is 14.5 Å². The molecule has 4 rings (SSSR count). The minimum Gasteiger partial charge on any atom is -0.428 e. The van der Waals surface area contributed by atoms with Gasteiger partial charge in [0, 0.05) is 17.4 Å². The number of carbonyl (C=O) groups excluding carboxylic acids is 1. The molecule has 1 saturated carbocycles. The van der Waals surface area contributed by atoms with E-state index in [1.54, 1.807) is 0 Å². The zero-order valence-electron chi connectivity index (χ0n) is 15.7. The number of aliphatic imine (C=N–C) groups is 1. The van der Waals surface area contributed by atoms with E-state index in [2.05, 4.69) is 15.3 Å². The molecule has 1 amide bonds. The molecule has 30 heavy (non-hydrogen) atoms. The van der Waals surface area contributed by atoms with Crippen molar-refractivity contribution in [2.24, 2.45) is 16.6 Å². The summed E-state index contributed by atoms with van der Waals surface area (Å²) in [6, 6.07) is 8.68. The van der Waals surface area contributed by atoms with Crippen molar-refractivity contribution >= 4 is 17.6 Å². The molecule has 2 aliphatic rings. The molecule has 2 heterocycles. The van der Waals surface area contributed by atoms with Gasteiger partial charge in [0.2, 0.25) is 0 Å². The van der Waals surface area contributed by atoms with Crippen LogP contribution >= 0.6 is 0 Å². The molecule has 1 aliphatic heterocycles. The maximum absolute atomic E-state index is 14.9. The number of allylic oxidation sites excluding steroid dienone is 1. The molecule has 0 unspecified atom stereocenters. The van der Waals surface area contributed by atoms with Gasteiger partial charge in [0.05, 0.1) is 5.56 Å². The number of carbonyl (C=O) groups is 1. The first-order valence-corrected chi connectivity index (χ1v) is 9.23. The molecular weight excluding hydrogens is 392 g/mol.